The minimum Gasteiger partial charge on any atom is -0.342 e. The quantitative estimate of drug-likeness (QED) is 0.693. The number of imidazole rings is 1. The van der Waals surface area contributed by atoms with E-state index in [0.717, 1.165) is 11.0 Å². The molecular formula is C19H21F3N4. The monoisotopic (exact) mass is 362 g/mol. The lowest BCUT2D eigenvalue weighted by molar-refractivity contribution is -0.148. The van der Waals surface area contributed by atoms with Crippen molar-refractivity contribution < 1.29 is 13.2 Å². The molecule has 1 aromatic carbocycles. The van der Waals surface area contributed by atoms with Crippen molar-refractivity contribution in [2.75, 3.05) is 0 Å². The molecule has 0 aliphatic heterocycles. The molecule has 0 saturated heterocycles. The summed E-state index contributed by atoms with van der Waals surface area (Å²) < 4.78 is 39.5. The van der Waals surface area contributed by atoms with E-state index < -0.39 is 24.1 Å². The molecule has 2 atom stereocenters. The molecule has 26 heavy (non-hydrogen) atoms. The second-order valence-electron chi connectivity index (χ2n) is 6.96. The lowest BCUT2D eigenvalue weighted by Crippen LogP contribution is -2.37. The lowest BCUT2D eigenvalue weighted by Gasteiger charge is -2.33. The number of hydrogen-bond donors (Lipinski definition) is 2. The number of alkyl halides is 3. The van der Waals surface area contributed by atoms with E-state index in [4.69, 9.17) is 5.73 Å². The number of aromatic amines is 1. The van der Waals surface area contributed by atoms with Gasteiger partial charge in [0.05, 0.1) is 17.5 Å². The van der Waals surface area contributed by atoms with Crippen LogP contribution in [0, 0.1) is 0 Å². The average Bonchev–Trinajstić information content (AvgIpc) is 2.95. The van der Waals surface area contributed by atoms with Crippen molar-refractivity contribution in [3.63, 3.8) is 0 Å². The Kier molecular flexibility index (Phi) is 5.00. The van der Waals surface area contributed by atoms with Crippen LogP contribution in [0.15, 0.2) is 48.8 Å². The highest BCUT2D eigenvalue weighted by atomic mass is 19.4. The first-order chi connectivity index (χ1) is 12.3. The molecular weight excluding hydrogens is 341 g/mol. The smallest absolute Gasteiger partial charge is 0.342 e. The van der Waals surface area contributed by atoms with Crippen LogP contribution in [0.25, 0.3) is 11.0 Å². The maximum absolute atomic E-state index is 13.2. The number of para-hydroxylation sites is 2. The van der Waals surface area contributed by atoms with Crippen LogP contribution in [-0.2, 0) is 11.8 Å². The summed E-state index contributed by atoms with van der Waals surface area (Å²) in [5.41, 5.74) is 7.41. The largest absolute Gasteiger partial charge is 0.389 e. The van der Waals surface area contributed by atoms with Gasteiger partial charge in [-0.1, -0.05) is 19.1 Å². The Balaban J connectivity index is 1.79. The third-order valence-electron chi connectivity index (χ3n) is 4.57. The van der Waals surface area contributed by atoms with Crippen molar-refractivity contribution in [2.24, 2.45) is 5.73 Å². The van der Waals surface area contributed by atoms with Crippen molar-refractivity contribution >= 4 is 11.0 Å². The van der Waals surface area contributed by atoms with Crippen LogP contribution in [0.2, 0.25) is 0 Å². The summed E-state index contributed by atoms with van der Waals surface area (Å²) >= 11 is 0. The molecule has 0 aliphatic rings. The molecule has 0 amide bonds. The Hall–Kier alpha value is -2.41. The normalized spacial score (nSPS) is 15.7. The number of nitrogens with zero attached hydrogens (tertiary/aromatic N) is 2. The molecule has 2 aromatic heterocycles. The second kappa shape index (κ2) is 7.07. The van der Waals surface area contributed by atoms with E-state index in [1.807, 2.05) is 24.3 Å². The Labute approximate surface area is 149 Å². The fourth-order valence-corrected chi connectivity index (χ4v) is 3.49. The van der Waals surface area contributed by atoms with E-state index in [1.165, 1.54) is 12.4 Å². The number of fused-ring (bicyclic) bond motifs is 1. The van der Waals surface area contributed by atoms with Gasteiger partial charge in [-0.3, -0.25) is 4.98 Å². The van der Waals surface area contributed by atoms with Gasteiger partial charge in [0.1, 0.15) is 5.82 Å². The van der Waals surface area contributed by atoms with Crippen molar-refractivity contribution in [3.8, 4) is 0 Å². The van der Waals surface area contributed by atoms with Crippen molar-refractivity contribution in [2.45, 2.75) is 43.8 Å². The maximum atomic E-state index is 13.2. The van der Waals surface area contributed by atoms with Crippen LogP contribution in [0.5, 0.6) is 0 Å². The number of halogens is 3. The summed E-state index contributed by atoms with van der Waals surface area (Å²) in [6.45, 7) is 1.61. The Morgan fingerprint density at radius 1 is 1.12 bits per heavy atom. The van der Waals surface area contributed by atoms with Crippen LogP contribution in [0.1, 0.15) is 31.2 Å². The number of H-pyrrole nitrogens is 1. The number of rotatable bonds is 6. The number of aromatic nitrogens is 3. The minimum absolute atomic E-state index is 0.188. The zero-order valence-corrected chi connectivity index (χ0v) is 14.4. The first kappa shape index (κ1) is 18.4. The third-order valence-corrected chi connectivity index (χ3v) is 4.57. The van der Waals surface area contributed by atoms with Gasteiger partial charge >= 0.3 is 6.18 Å². The number of benzene rings is 1. The Morgan fingerprint density at radius 2 is 1.81 bits per heavy atom. The van der Waals surface area contributed by atoms with Gasteiger partial charge in [-0.2, -0.15) is 13.2 Å². The van der Waals surface area contributed by atoms with Gasteiger partial charge in [0, 0.05) is 30.3 Å². The second-order valence-corrected chi connectivity index (χ2v) is 6.96. The van der Waals surface area contributed by atoms with E-state index in [9.17, 15) is 13.2 Å². The molecule has 3 N–H and O–H groups in total. The molecule has 2 unspecified atom stereocenters. The fraction of sp³-hybridized carbons (Fsp3) is 0.368. The number of hydrogen-bond acceptors (Lipinski definition) is 3. The highest BCUT2D eigenvalue weighted by Crippen LogP contribution is 2.39. The topological polar surface area (TPSA) is 67.6 Å². The molecule has 3 rings (SSSR count). The van der Waals surface area contributed by atoms with Crippen LogP contribution in [0.4, 0.5) is 13.2 Å². The van der Waals surface area contributed by atoms with Crippen LogP contribution < -0.4 is 5.73 Å². The first-order valence-corrected chi connectivity index (χ1v) is 8.42. The molecule has 138 valence electrons. The molecule has 0 aliphatic carbocycles. The molecule has 3 aromatic rings. The summed E-state index contributed by atoms with van der Waals surface area (Å²) in [4.78, 5) is 11.5. The number of pyridine rings is 1. The molecule has 0 saturated carbocycles. The summed E-state index contributed by atoms with van der Waals surface area (Å²) in [5.74, 6) is 0.683. The molecule has 0 radical (unpaired) electrons. The summed E-state index contributed by atoms with van der Waals surface area (Å²) in [6.07, 6.45) is -1.63. The number of nitrogens with two attached hydrogens (primary N) is 1. The molecule has 0 spiro atoms. The van der Waals surface area contributed by atoms with Crippen LogP contribution in [0.3, 0.4) is 0 Å². The molecule has 0 fully saturated rings. The summed E-state index contributed by atoms with van der Waals surface area (Å²) in [6, 6.07) is 10.4. The molecule has 4 nitrogen and oxygen atoms in total. The number of nitrogens with one attached hydrogen (secondary N) is 1. The van der Waals surface area contributed by atoms with Crippen molar-refractivity contribution in [1.82, 2.24) is 15.0 Å². The zero-order valence-electron chi connectivity index (χ0n) is 14.4. The van der Waals surface area contributed by atoms with Crippen LogP contribution in [-0.4, -0.2) is 27.2 Å². The van der Waals surface area contributed by atoms with Gasteiger partial charge in [0.15, 0.2) is 0 Å². The predicted octanol–water partition coefficient (Wildman–Crippen LogP) is 4.13. The van der Waals surface area contributed by atoms with Gasteiger partial charge in [0.25, 0.3) is 0 Å². The highest BCUT2D eigenvalue weighted by molar-refractivity contribution is 5.74. The highest BCUT2D eigenvalue weighted by Gasteiger charge is 2.41. The molecule has 7 heteroatoms. The van der Waals surface area contributed by atoms with E-state index in [-0.39, 0.29) is 6.42 Å². The van der Waals surface area contributed by atoms with E-state index in [2.05, 4.69) is 15.0 Å². The minimum atomic E-state index is -4.28. The molecule has 0 bridgehead atoms. The third kappa shape index (κ3) is 4.40. The van der Waals surface area contributed by atoms with Crippen molar-refractivity contribution in [1.29, 1.82) is 0 Å². The van der Waals surface area contributed by atoms with Gasteiger partial charge < -0.3 is 10.7 Å². The summed E-state index contributed by atoms with van der Waals surface area (Å²) in [7, 11) is 0. The van der Waals surface area contributed by atoms with Crippen molar-refractivity contribution in [3.05, 3.63) is 60.2 Å². The van der Waals surface area contributed by atoms with Gasteiger partial charge in [-0.15, -0.1) is 0 Å². The maximum Gasteiger partial charge on any atom is 0.389 e. The van der Waals surface area contributed by atoms with Gasteiger partial charge in [0.2, 0.25) is 0 Å². The lowest BCUT2D eigenvalue weighted by atomic mass is 9.74. The Morgan fingerprint density at radius 3 is 2.46 bits per heavy atom. The zero-order chi connectivity index (χ0) is 18.8. The standard InChI is InChI=1S/C19H21F3N4/c1-18(12-19(20,21)22,13-6-8-24-9-7-13)11-14(23)10-17-25-15-4-2-3-5-16(15)26-17/h2-9,14H,10-12,23H2,1H3,(H,25,26). The van der Waals surface area contributed by atoms with Gasteiger partial charge in [-0.25, -0.2) is 4.98 Å². The summed E-state index contributed by atoms with van der Waals surface area (Å²) in [5, 5.41) is 0. The van der Waals surface area contributed by atoms with E-state index in [1.54, 1.807) is 19.1 Å². The van der Waals surface area contributed by atoms with Crippen LogP contribution >= 0.6 is 0 Å². The Bertz CT molecular complexity index is 827. The molecule has 2 heterocycles. The van der Waals surface area contributed by atoms with E-state index >= 15 is 0 Å². The SMILES string of the molecule is CC(CC(N)Cc1nc2ccccc2[nH]1)(CC(F)(F)F)c1ccncc1. The average molecular weight is 362 g/mol. The van der Waals surface area contributed by atoms with Gasteiger partial charge in [-0.05, 0) is 36.2 Å². The fourth-order valence-electron chi connectivity index (χ4n) is 3.49. The predicted molar refractivity (Wildman–Crippen MR) is 94.7 cm³/mol. The first-order valence-electron chi connectivity index (χ1n) is 8.42. The van der Waals surface area contributed by atoms with E-state index in [0.29, 0.717) is 17.8 Å².